The minimum Gasteiger partial charge on any atom is -0.478 e. The molecular weight excluding hydrogens is 530 g/mol. The van der Waals surface area contributed by atoms with Crippen LogP contribution in [0.2, 0.25) is 0 Å². The van der Waals surface area contributed by atoms with Crippen LogP contribution in [0.1, 0.15) is 92.5 Å². The summed E-state index contributed by atoms with van der Waals surface area (Å²) in [5.74, 6) is 0.237. The van der Waals surface area contributed by atoms with E-state index >= 15 is 0 Å². The predicted octanol–water partition coefficient (Wildman–Crippen LogP) is 9.45. The molecular formula is C38H45N3O2. The quantitative estimate of drug-likeness (QED) is 0.165. The molecule has 43 heavy (non-hydrogen) atoms. The maximum Gasteiger partial charge on any atom is 0.335 e. The SMILES string of the molecule is CCCCC(CC)n1c(-c2cc(C)cc(CNC(c3ccccc3)C3C=CC(C)(C)C=C3)c2)nc2cc(C(=O)O)ccc21. The van der Waals surface area contributed by atoms with Crippen LogP contribution < -0.4 is 5.32 Å². The molecule has 0 fully saturated rings. The van der Waals surface area contributed by atoms with Crippen LogP contribution in [0.5, 0.6) is 0 Å². The lowest BCUT2D eigenvalue weighted by atomic mass is 9.81. The summed E-state index contributed by atoms with van der Waals surface area (Å²) in [5, 5.41) is 13.5. The summed E-state index contributed by atoms with van der Waals surface area (Å²) in [7, 11) is 0. The Hall–Kier alpha value is -3.96. The first-order chi connectivity index (χ1) is 20.7. The van der Waals surface area contributed by atoms with Crippen molar-refractivity contribution < 1.29 is 9.90 Å². The van der Waals surface area contributed by atoms with Crippen molar-refractivity contribution in [3.8, 4) is 11.4 Å². The first-order valence-electron chi connectivity index (χ1n) is 15.7. The lowest BCUT2D eigenvalue weighted by molar-refractivity contribution is 0.0697. The van der Waals surface area contributed by atoms with E-state index in [1.165, 1.54) is 16.7 Å². The van der Waals surface area contributed by atoms with Crippen molar-refractivity contribution in [1.29, 1.82) is 0 Å². The second-order valence-electron chi connectivity index (χ2n) is 12.6. The molecule has 0 bridgehead atoms. The Balaban J connectivity index is 1.51. The van der Waals surface area contributed by atoms with Crippen molar-refractivity contribution in [2.45, 2.75) is 78.9 Å². The molecule has 4 aromatic rings. The van der Waals surface area contributed by atoms with Crippen LogP contribution in [0.4, 0.5) is 0 Å². The number of carbonyl (C=O) groups is 1. The maximum absolute atomic E-state index is 11.8. The Labute approximate surface area is 256 Å². The molecule has 224 valence electrons. The molecule has 0 radical (unpaired) electrons. The van der Waals surface area contributed by atoms with Crippen LogP contribution in [0.3, 0.4) is 0 Å². The second-order valence-corrected chi connectivity index (χ2v) is 12.6. The van der Waals surface area contributed by atoms with Crippen molar-refractivity contribution >= 4 is 17.0 Å². The highest BCUT2D eigenvalue weighted by molar-refractivity contribution is 5.93. The maximum atomic E-state index is 11.8. The van der Waals surface area contributed by atoms with Crippen LogP contribution in [0, 0.1) is 18.3 Å². The van der Waals surface area contributed by atoms with Gasteiger partial charge in [-0.05, 0) is 61.2 Å². The van der Waals surface area contributed by atoms with Gasteiger partial charge in [-0.15, -0.1) is 0 Å². The van der Waals surface area contributed by atoms with Crippen molar-refractivity contribution in [2.75, 3.05) is 0 Å². The number of allylic oxidation sites excluding steroid dienone is 2. The Kier molecular flexibility index (Phi) is 9.31. The summed E-state index contributed by atoms with van der Waals surface area (Å²) >= 11 is 0. The van der Waals surface area contributed by atoms with Crippen molar-refractivity contribution in [3.63, 3.8) is 0 Å². The normalized spacial score (nSPS) is 16.0. The van der Waals surface area contributed by atoms with E-state index in [0.29, 0.717) is 6.54 Å². The predicted molar refractivity (Wildman–Crippen MR) is 177 cm³/mol. The number of carboxylic acid groups (broad SMARTS) is 1. The number of rotatable bonds is 12. The molecule has 0 aliphatic heterocycles. The molecule has 0 spiro atoms. The van der Waals surface area contributed by atoms with Gasteiger partial charge >= 0.3 is 5.97 Å². The van der Waals surface area contributed by atoms with Gasteiger partial charge in [0.15, 0.2) is 0 Å². The average Bonchev–Trinajstić information content (AvgIpc) is 3.37. The highest BCUT2D eigenvalue weighted by atomic mass is 16.4. The highest BCUT2D eigenvalue weighted by Gasteiger charge is 2.24. The lowest BCUT2D eigenvalue weighted by Gasteiger charge is -2.29. The third-order valence-corrected chi connectivity index (χ3v) is 8.62. The average molecular weight is 576 g/mol. The number of nitrogens with one attached hydrogen (secondary N) is 1. The number of fused-ring (bicyclic) bond motifs is 1. The number of unbranched alkanes of at least 4 members (excludes halogenated alkanes) is 1. The summed E-state index contributed by atoms with van der Waals surface area (Å²) in [6.07, 6.45) is 13.6. The lowest BCUT2D eigenvalue weighted by Crippen LogP contribution is -2.28. The molecule has 2 N–H and O–H groups in total. The number of aromatic carboxylic acids is 1. The fraction of sp³-hybridized carbons (Fsp3) is 0.368. The van der Waals surface area contributed by atoms with Crippen LogP contribution in [0.15, 0.2) is 91.0 Å². The van der Waals surface area contributed by atoms with Crippen LogP contribution in [-0.4, -0.2) is 20.6 Å². The molecule has 5 heteroatoms. The van der Waals surface area contributed by atoms with Crippen molar-refractivity contribution in [2.24, 2.45) is 11.3 Å². The molecule has 5 nitrogen and oxygen atoms in total. The minimum atomic E-state index is -0.931. The number of imidazole rings is 1. The van der Waals surface area contributed by atoms with E-state index in [-0.39, 0.29) is 29.0 Å². The van der Waals surface area contributed by atoms with Gasteiger partial charge in [-0.25, -0.2) is 9.78 Å². The van der Waals surface area contributed by atoms with E-state index < -0.39 is 5.97 Å². The summed E-state index contributed by atoms with van der Waals surface area (Å²) in [6.45, 7) is 11.8. The van der Waals surface area contributed by atoms with E-state index in [0.717, 1.165) is 48.1 Å². The second kappa shape index (κ2) is 13.1. The van der Waals surface area contributed by atoms with Crippen molar-refractivity contribution in [3.05, 3.63) is 113 Å². The van der Waals surface area contributed by atoms with Gasteiger partial charge in [0.1, 0.15) is 5.82 Å². The molecule has 1 aliphatic carbocycles. The van der Waals surface area contributed by atoms with Crippen LogP contribution in [-0.2, 0) is 6.54 Å². The monoisotopic (exact) mass is 575 g/mol. The van der Waals surface area contributed by atoms with Gasteiger partial charge in [0.2, 0.25) is 0 Å². The van der Waals surface area contributed by atoms with E-state index in [2.05, 4.69) is 117 Å². The van der Waals surface area contributed by atoms with Gasteiger partial charge in [0.05, 0.1) is 16.6 Å². The summed E-state index contributed by atoms with van der Waals surface area (Å²) in [4.78, 5) is 16.8. The molecule has 0 amide bonds. The summed E-state index contributed by atoms with van der Waals surface area (Å²) in [5.41, 5.74) is 6.78. The number of benzene rings is 3. The highest BCUT2D eigenvalue weighted by Crippen LogP contribution is 2.35. The van der Waals surface area contributed by atoms with Gasteiger partial charge in [-0.3, -0.25) is 0 Å². The largest absolute Gasteiger partial charge is 0.478 e. The van der Waals surface area contributed by atoms with E-state index in [1.54, 1.807) is 12.1 Å². The number of hydrogen-bond acceptors (Lipinski definition) is 3. The Morgan fingerprint density at radius 2 is 1.77 bits per heavy atom. The van der Waals surface area contributed by atoms with Gasteiger partial charge in [0, 0.05) is 35.5 Å². The number of carboxylic acids is 1. The minimum absolute atomic E-state index is 0.0767. The third-order valence-electron chi connectivity index (χ3n) is 8.62. The molecule has 1 aliphatic rings. The van der Waals surface area contributed by atoms with E-state index in [4.69, 9.17) is 4.98 Å². The molecule has 0 saturated carbocycles. The topological polar surface area (TPSA) is 67.2 Å². The Morgan fingerprint density at radius 3 is 2.44 bits per heavy atom. The summed E-state index contributed by atoms with van der Waals surface area (Å²) < 4.78 is 2.36. The van der Waals surface area contributed by atoms with E-state index in [1.807, 2.05) is 6.07 Å². The van der Waals surface area contributed by atoms with Gasteiger partial charge < -0.3 is 15.0 Å². The van der Waals surface area contributed by atoms with Crippen molar-refractivity contribution in [1.82, 2.24) is 14.9 Å². The summed E-state index contributed by atoms with van der Waals surface area (Å²) in [6, 6.07) is 23.2. The van der Waals surface area contributed by atoms with Crippen LogP contribution in [0.25, 0.3) is 22.4 Å². The molecule has 0 saturated heterocycles. The third kappa shape index (κ3) is 7.00. The first-order valence-corrected chi connectivity index (χ1v) is 15.7. The zero-order valence-electron chi connectivity index (χ0n) is 26.2. The van der Waals surface area contributed by atoms with Gasteiger partial charge in [-0.2, -0.15) is 0 Å². The molecule has 3 aromatic carbocycles. The zero-order chi connectivity index (χ0) is 30.6. The number of nitrogens with zero attached hydrogens (tertiary/aromatic N) is 2. The first kappa shape index (κ1) is 30.5. The molecule has 2 atom stereocenters. The van der Waals surface area contributed by atoms with E-state index in [9.17, 15) is 9.90 Å². The number of aromatic nitrogens is 2. The molecule has 2 unspecified atom stereocenters. The van der Waals surface area contributed by atoms with Crippen LogP contribution >= 0.6 is 0 Å². The molecule has 1 heterocycles. The zero-order valence-corrected chi connectivity index (χ0v) is 26.2. The smallest absolute Gasteiger partial charge is 0.335 e. The number of aryl methyl sites for hydroxylation is 1. The Morgan fingerprint density at radius 1 is 1.02 bits per heavy atom. The fourth-order valence-electron chi connectivity index (χ4n) is 6.28. The standard InChI is InChI=1S/C38H45N3O2/c1-6-8-14-32(7-2)41-34-16-15-30(37(42)43)24-33(34)40-36(41)31-22-26(3)21-27(23-31)25-39-35(28-12-10-9-11-13-28)29-17-19-38(4,5)20-18-29/h9-13,15-24,29,32,35,39H,6-8,14,25H2,1-5H3,(H,42,43). The van der Waals surface area contributed by atoms with Gasteiger partial charge in [0.25, 0.3) is 0 Å². The van der Waals surface area contributed by atoms with Gasteiger partial charge in [-0.1, -0.05) is 107 Å². The molecule has 1 aromatic heterocycles. The molecule has 5 rings (SSSR count). The fourth-order valence-corrected chi connectivity index (χ4v) is 6.28. The Bertz CT molecular complexity index is 1610. The number of hydrogen-bond donors (Lipinski definition) is 2.